The zero-order valence-electron chi connectivity index (χ0n) is 12.4. The van der Waals surface area contributed by atoms with E-state index in [-0.39, 0.29) is 23.6 Å². The molecule has 1 aliphatic carbocycles. The third-order valence-electron chi connectivity index (χ3n) is 3.06. The van der Waals surface area contributed by atoms with E-state index in [9.17, 15) is 4.79 Å². The van der Waals surface area contributed by atoms with Crippen LogP contribution in [-0.2, 0) is 14.0 Å². The van der Waals surface area contributed by atoms with Gasteiger partial charge in [-0.15, -0.1) is 0 Å². The summed E-state index contributed by atoms with van der Waals surface area (Å²) in [6.45, 7) is 12.5. The highest BCUT2D eigenvalue weighted by Crippen LogP contribution is 2.35. The van der Waals surface area contributed by atoms with Crippen molar-refractivity contribution in [1.29, 1.82) is 0 Å². The molecular formula is C14H26O3Si. The highest BCUT2D eigenvalue weighted by Gasteiger charge is 2.36. The minimum atomic E-state index is -1.08. The summed E-state index contributed by atoms with van der Waals surface area (Å²) in [6.07, 6.45) is 5.13. The van der Waals surface area contributed by atoms with Crippen molar-refractivity contribution < 1.29 is 14.0 Å². The van der Waals surface area contributed by atoms with Gasteiger partial charge in [-0.05, 0) is 31.0 Å². The number of hydrogen-bond acceptors (Lipinski definition) is 3. The fourth-order valence-corrected chi connectivity index (χ4v) is 3.65. The lowest BCUT2D eigenvalue weighted by atomic mass is 9.81. The van der Waals surface area contributed by atoms with Gasteiger partial charge in [0, 0.05) is 12.8 Å². The van der Waals surface area contributed by atoms with Crippen LogP contribution < -0.4 is 0 Å². The van der Waals surface area contributed by atoms with E-state index in [0.717, 1.165) is 6.42 Å². The highest BCUT2D eigenvalue weighted by atomic mass is 28.3. The van der Waals surface area contributed by atoms with Gasteiger partial charge in [-0.25, -0.2) is 0 Å². The largest absolute Gasteiger partial charge is 0.458 e. The molecule has 0 aromatic heterocycles. The van der Waals surface area contributed by atoms with E-state index >= 15 is 0 Å². The molecule has 0 saturated carbocycles. The normalized spacial score (nSPS) is 25.5. The van der Waals surface area contributed by atoms with E-state index in [4.69, 9.17) is 9.16 Å². The standard InChI is InChI=1S/C14H26O3Si/c1-10(15)16-12-8-7-11(9-12)13(14(2,3)4)17-18(5)6/h7-8,11-13,18H,9H2,1-6H3/t11?,12?,13-/m0/s1. The molecular weight excluding hydrogens is 244 g/mol. The van der Waals surface area contributed by atoms with E-state index in [1.165, 1.54) is 6.92 Å². The monoisotopic (exact) mass is 270 g/mol. The quantitative estimate of drug-likeness (QED) is 0.448. The molecule has 104 valence electrons. The first-order valence-electron chi connectivity index (χ1n) is 6.71. The van der Waals surface area contributed by atoms with Crippen LogP contribution in [0, 0.1) is 11.3 Å². The number of rotatable bonds is 4. The van der Waals surface area contributed by atoms with Crippen LogP contribution in [0.25, 0.3) is 0 Å². The van der Waals surface area contributed by atoms with Crippen LogP contribution >= 0.6 is 0 Å². The second-order valence-electron chi connectivity index (χ2n) is 6.40. The minimum absolute atomic E-state index is 0.0743. The first kappa shape index (κ1) is 15.4. The molecule has 0 radical (unpaired) electrons. The van der Waals surface area contributed by atoms with E-state index < -0.39 is 9.04 Å². The molecule has 0 spiro atoms. The number of carbonyl (C=O) groups is 1. The maximum atomic E-state index is 11.0. The second-order valence-corrected chi connectivity index (χ2v) is 8.77. The Hall–Kier alpha value is -0.613. The Bertz CT molecular complexity index is 317. The summed E-state index contributed by atoms with van der Waals surface area (Å²) >= 11 is 0. The maximum Gasteiger partial charge on any atom is 0.303 e. The Kier molecular flexibility index (Phi) is 5.17. The van der Waals surface area contributed by atoms with Crippen molar-refractivity contribution in [2.45, 2.75) is 59.4 Å². The van der Waals surface area contributed by atoms with E-state index in [2.05, 4.69) is 39.9 Å². The number of carbonyl (C=O) groups excluding carboxylic acids is 1. The average Bonchev–Trinajstić information content (AvgIpc) is 2.59. The number of esters is 1. The Morgan fingerprint density at radius 1 is 1.33 bits per heavy atom. The van der Waals surface area contributed by atoms with Crippen LogP contribution in [0.2, 0.25) is 13.1 Å². The third-order valence-corrected chi connectivity index (χ3v) is 3.89. The van der Waals surface area contributed by atoms with Gasteiger partial charge in [0.05, 0.1) is 6.10 Å². The topological polar surface area (TPSA) is 35.5 Å². The van der Waals surface area contributed by atoms with Crippen molar-refractivity contribution in [3.05, 3.63) is 12.2 Å². The SMILES string of the molecule is CC(=O)OC1C=CC([C@H](O[SiH](C)C)C(C)(C)C)C1. The van der Waals surface area contributed by atoms with Crippen LogP contribution in [0.3, 0.4) is 0 Å². The first-order valence-corrected chi connectivity index (χ1v) is 9.49. The van der Waals surface area contributed by atoms with E-state index in [1.807, 2.05) is 6.08 Å². The zero-order valence-corrected chi connectivity index (χ0v) is 13.6. The Balaban J connectivity index is 2.67. The summed E-state index contributed by atoms with van der Waals surface area (Å²) in [7, 11) is -1.08. The third kappa shape index (κ3) is 4.57. The molecule has 3 nitrogen and oxygen atoms in total. The van der Waals surface area contributed by atoms with Crippen LogP contribution in [-0.4, -0.2) is 27.2 Å². The Labute approximate surface area is 112 Å². The molecule has 2 unspecified atom stereocenters. The van der Waals surface area contributed by atoms with Gasteiger partial charge in [-0.2, -0.15) is 0 Å². The van der Waals surface area contributed by atoms with Crippen molar-refractivity contribution in [3.8, 4) is 0 Å². The Morgan fingerprint density at radius 2 is 1.94 bits per heavy atom. The lowest BCUT2D eigenvalue weighted by Crippen LogP contribution is -2.38. The summed E-state index contributed by atoms with van der Waals surface area (Å²) in [4.78, 5) is 11.0. The van der Waals surface area contributed by atoms with Gasteiger partial charge in [0.15, 0.2) is 9.04 Å². The van der Waals surface area contributed by atoms with Gasteiger partial charge < -0.3 is 9.16 Å². The van der Waals surface area contributed by atoms with Gasteiger partial charge in [-0.3, -0.25) is 4.79 Å². The van der Waals surface area contributed by atoms with E-state index in [1.54, 1.807) is 0 Å². The molecule has 4 heteroatoms. The van der Waals surface area contributed by atoms with Gasteiger partial charge in [0.25, 0.3) is 0 Å². The summed E-state index contributed by atoms with van der Waals surface area (Å²) in [5, 5.41) is 0. The molecule has 1 aliphatic rings. The molecule has 0 fully saturated rings. The van der Waals surface area contributed by atoms with Gasteiger partial charge in [0.1, 0.15) is 6.10 Å². The van der Waals surface area contributed by atoms with Crippen LogP contribution in [0.5, 0.6) is 0 Å². The molecule has 0 N–H and O–H groups in total. The average molecular weight is 270 g/mol. The summed E-state index contributed by atoms with van der Waals surface area (Å²) in [5.41, 5.74) is 0.109. The fraction of sp³-hybridized carbons (Fsp3) is 0.786. The molecule has 0 aromatic rings. The molecule has 0 aliphatic heterocycles. The first-order chi connectivity index (χ1) is 8.20. The van der Waals surface area contributed by atoms with Crippen molar-refractivity contribution in [2.24, 2.45) is 11.3 Å². The van der Waals surface area contributed by atoms with Crippen molar-refractivity contribution >= 4 is 15.0 Å². The summed E-state index contributed by atoms with van der Waals surface area (Å²) in [5.74, 6) is 0.140. The maximum absolute atomic E-state index is 11.0. The van der Waals surface area contributed by atoms with Crippen LogP contribution in [0.4, 0.5) is 0 Å². The lowest BCUT2D eigenvalue weighted by Gasteiger charge is -2.36. The zero-order chi connectivity index (χ0) is 13.9. The van der Waals surface area contributed by atoms with Crippen LogP contribution in [0.15, 0.2) is 12.2 Å². The van der Waals surface area contributed by atoms with Crippen molar-refractivity contribution in [1.82, 2.24) is 0 Å². The molecule has 0 amide bonds. The second kappa shape index (κ2) is 6.02. The predicted molar refractivity (Wildman–Crippen MR) is 76.0 cm³/mol. The van der Waals surface area contributed by atoms with Crippen molar-refractivity contribution in [2.75, 3.05) is 0 Å². The number of hydrogen-bond donors (Lipinski definition) is 0. The minimum Gasteiger partial charge on any atom is -0.458 e. The highest BCUT2D eigenvalue weighted by molar-refractivity contribution is 6.48. The predicted octanol–water partition coefficient (Wildman–Crippen LogP) is 2.91. The molecule has 0 saturated heterocycles. The molecule has 0 bridgehead atoms. The molecule has 18 heavy (non-hydrogen) atoms. The molecule has 0 heterocycles. The molecule has 3 atom stereocenters. The lowest BCUT2D eigenvalue weighted by molar-refractivity contribution is -0.144. The summed E-state index contributed by atoms with van der Waals surface area (Å²) in [6, 6.07) is 0. The van der Waals surface area contributed by atoms with E-state index in [0.29, 0.717) is 5.92 Å². The van der Waals surface area contributed by atoms with Gasteiger partial charge in [0.2, 0.25) is 0 Å². The Morgan fingerprint density at radius 3 is 2.39 bits per heavy atom. The van der Waals surface area contributed by atoms with Crippen molar-refractivity contribution in [3.63, 3.8) is 0 Å². The van der Waals surface area contributed by atoms with Crippen LogP contribution in [0.1, 0.15) is 34.1 Å². The van der Waals surface area contributed by atoms with Gasteiger partial charge >= 0.3 is 5.97 Å². The smallest absolute Gasteiger partial charge is 0.303 e. The number of ether oxygens (including phenoxy) is 1. The van der Waals surface area contributed by atoms with Gasteiger partial charge in [-0.1, -0.05) is 26.8 Å². The summed E-state index contributed by atoms with van der Waals surface area (Å²) < 4.78 is 11.4. The fourth-order valence-electron chi connectivity index (χ4n) is 2.46. The molecule has 0 aromatic carbocycles. The molecule has 1 rings (SSSR count).